The van der Waals surface area contributed by atoms with Crippen LogP contribution >= 0.6 is 0 Å². The molecule has 1 rings (SSSR count). The first kappa shape index (κ1) is 8.78. The molecule has 2 N–H and O–H groups in total. The fourth-order valence-electron chi connectivity index (χ4n) is 1.17. The van der Waals surface area contributed by atoms with Crippen LogP contribution in [0.1, 0.15) is 25.8 Å². The Hall–Kier alpha value is -1.31. The molecule has 0 amide bonds. The Kier molecular flexibility index (Phi) is 2.86. The van der Waals surface area contributed by atoms with Crippen LogP contribution in [0, 0.1) is 0 Å². The van der Waals surface area contributed by atoms with E-state index in [1.54, 1.807) is 0 Å². The first-order valence-corrected chi connectivity index (χ1v) is 4.15. The molecule has 1 aromatic heterocycles. The van der Waals surface area contributed by atoms with E-state index in [9.17, 15) is 0 Å². The summed E-state index contributed by atoms with van der Waals surface area (Å²) in [5.74, 6) is 0.574. The highest BCUT2D eigenvalue weighted by Crippen LogP contribution is 2.16. The maximum Gasteiger partial charge on any atom is 0.123 e. The lowest BCUT2D eigenvalue weighted by molar-refractivity contribution is 1.21. The summed E-state index contributed by atoms with van der Waals surface area (Å²) in [5, 5.41) is 0. The highest BCUT2D eigenvalue weighted by Gasteiger charge is 1.96. The van der Waals surface area contributed by atoms with Gasteiger partial charge in [0.15, 0.2) is 0 Å². The van der Waals surface area contributed by atoms with Crippen molar-refractivity contribution in [2.24, 2.45) is 0 Å². The fourth-order valence-corrected chi connectivity index (χ4v) is 1.17. The van der Waals surface area contributed by atoms with Crippen molar-refractivity contribution in [1.82, 2.24) is 4.98 Å². The third-order valence-electron chi connectivity index (χ3n) is 1.89. The Morgan fingerprint density at radius 3 is 2.75 bits per heavy atom. The lowest BCUT2D eigenvalue weighted by Crippen LogP contribution is -1.90. The maximum absolute atomic E-state index is 5.48. The molecular formula is C10H14N2. The number of nitrogen functional groups attached to an aromatic ring is 1. The molecule has 0 radical (unpaired) electrons. The lowest BCUT2D eigenvalue weighted by atomic mass is 10.1. The Bertz CT molecular complexity index is 272. The Morgan fingerprint density at radius 1 is 1.58 bits per heavy atom. The highest BCUT2D eigenvalue weighted by molar-refractivity contribution is 5.64. The molecule has 0 saturated heterocycles. The number of rotatable bonds is 2. The molecule has 0 fully saturated rings. The molecule has 1 aromatic rings. The van der Waals surface area contributed by atoms with Gasteiger partial charge in [-0.15, -0.1) is 0 Å². The van der Waals surface area contributed by atoms with Gasteiger partial charge in [-0.25, -0.2) is 4.98 Å². The maximum atomic E-state index is 5.48. The standard InChI is InChI=1S/C10H14N2/c1-3-8(4-2)9-5-6-10(11)12-7-9/h3,5-7H,4H2,1-2H3,(H2,11,12). The van der Waals surface area contributed by atoms with Crippen LogP contribution in [0.4, 0.5) is 5.82 Å². The van der Waals surface area contributed by atoms with Crippen molar-refractivity contribution in [1.29, 1.82) is 0 Å². The Labute approximate surface area is 73.1 Å². The second kappa shape index (κ2) is 3.90. The molecule has 0 aliphatic heterocycles. The van der Waals surface area contributed by atoms with Crippen molar-refractivity contribution in [3.05, 3.63) is 30.0 Å². The molecule has 2 heteroatoms. The first-order valence-electron chi connectivity index (χ1n) is 4.15. The zero-order chi connectivity index (χ0) is 8.97. The third-order valence-corrected chi connectivity index (χ3v) is 1.89. The van der Waals surface area contributed by atoms with Gasteiger partial charge in [-0.05, 0) is 36.6 Å². The number of nitrogens with two attached hydrogens (primary N) is 1. The van der Waals surface area contributed by atoms with Crippen molar-refractivity contribution in [3.63, 3.8) is 0 Å². The summed E-state index contributed by atoms with van der Waals surface area (Å²) in [6, 6.07) is 3.83. The zero-order valence-corrected chi connectivity index (χ0v) is 7.54. The van der Waals surface area contributed by atoms with Crippen LogP contribution in [-0.2, 0) is 0 Å². The van der Waals surface area contributed by atoms with Crippen LogP contribution in [0.5, 0.6) is 0 Å². The topological polar surface area (TPSA) is 38.9 Å². The van der Waals surface area contributed by atoms with Crippen molar-refractivity contribution >= 4 is 11.4 Å². The van der Waals surface area contributed by atoms with Crippen molar-refractivity contribution in [2.45, 2.75) is 20.3 Å². The first-order chi connectivity index (χ1) is 5.77. The molecular weight excluding hydrogens is 148 g/mol. The molecule has 12 heavy (non-hydrogen) atoms. The van der Waals surface area contributed by atoms with Gasteiger partial charge in [-0.3, -0.25) is 0 Å². The van der Waals surface area contributed by atoms with E-state index in [0.29, 0.717) is 5.82 Å². The zero-order valence-electron chi connectivity index (χ0n) is 7.54. The monoisotopic (exact) mass is 162 g/mol. The second-order valence-electron chi connectivity index (χ2n) is 2.64. The fraction of sp³-hybridized carbons (Fsp3) is 0.300. The average Bonchev–Trinajstić information content (AvgIpc) is 2.10. The molecule has 0 atom stereocenters. The number of nitrogens with zero attached hydrogens (tertiary/aromatic N) is 1. The van der Waals surface area contributed by atoms with Crippen molar-refractivity contribution in [2.75, 3.05) is 5.73 Å². The summed E-state index contributed by atoms with van der Waals surface area (Å²) in [5.41, 5.74) is 7.95. The molecule has 0 bridgehead atoms. The molecule has 2 nitrogen and oxygen atoms in total. The van der Waals surface area contributed by atoms with E-state index in [2.05, 4.69) is 18.0 Å². The van der Waals surface area contributed by atoms with Crippen molar-refractivity contribution in [3.8, 4) is 0 Å². The van der Waals surface area contributed by atoms with Gasteiger partial charge < -0.3 is 5.73 Å². The van der Waals surface area contributed by atoms with Gasteiger partial charge in [0.1, 0.15) is 5.82 Å². The Balaban J connectivity index is 2.96. The quantitative estimate of drug-likeness (QED) is 0.725. The number of anilines is 1. The summed E-state index contributed by atoms with van der Waals surface area (Å²) in [6.45, 7) is 4.17. The molecule has 0 aliphatic carbocycles. The smallest absolute Gasteiger partial charge is 0.123 e. The van der Waals surface area contributed by atoms with Gasteiger partial charge in [-0.1, -0.05) is 13.0 Å². The lowest BCUT2D eigenvalue weighted by Gasteiger charge is -2.02. The minimum atomic E-state index is 0.574. The molecule has 0 saturated carbocycles. The van der Waals surface area contributed by atoms with Gasteiger partial charge in [0.25, 0.3) is 0 Å². The summed E-state index contributed by atoms with van der Waals surface area (Å²) >= 11 is 0. The molecule has 0 aromatic carbocycles. The number of allylic oxidation sites excluding steroid dienone is 2. The van der Waals surface area contributed by atoms with E-state index in [-0.39, 0.29) is 0 Å². The molecule has 0 aliphatic rings. The average molecular weight is 162 g/mol. The van der Waals surface area contributed by atoms with E-state index in [1.807, 2.05) is 25.3 Å². The molecule has 0 spiro atoms. The third kappa shape index (κ3) is 1.84. The summed E-state index contributed by atoms with van der Waals surface area (Å²) in [6.07, 6.45) is 4.95. The van der Waals surface area contributed by atoms with Gasteiger partial charge in [-0.2, -0.15) is 0 Å². The number of hydrogen-bond donors (Lipinski definition) is 1. The van der Waals surface area contributed by atoms with Gasteiger partial charge in [0.2, 0.25) is 0 Å². The van der Waals surface area contributed by atoms with Crippen LogP contribution in [0.25, 0.3) is 5.57 Å². The predicted octanol–water partition coefficient (Wildman–Crippen LogP) is 2.48. The minimum Gasteiger partial charge on any atom is -0.384 e. The highest BCUT2D eigenvalue weighted by atomic mass is 14.8. The Morgan fingerprint density at radius 2 is 2.33 bits per heavy atom. The van der Waals surface area contributed by atoms with Crippen LogP contribution in [0.15, 0.2) is 24.4 Å². The summed E-state index contributed by atoms with van der Waals surface area (Å²) in [7, 11) is 0. The van der Waals surface area contributed by atoms with Crippen LogP contribution in [-0.4, -0.2) is 4.98 Å². The SMILES string of the molecule is CC=C(CC)c1ccc(N)nc1. The summed E-state index contributed by atoms with van der Waals surface area (Å²) in [4.78, 5) is 4.03. The van der Waals surface area contributed by atoms with Gasteiger partial charge in [0.05, 0.1) is 0 Å². The minimum absolute atomic E-state index is 0.574. The number of aromatic nitrogens is 1. The van der Waals surface area contributed by atoms with Gasteiger partial charge in [0, 0.05) is 6.20 Å². The van der Waals surface area contributed by atoms with Crippen LogP contribution in [0.2, 0.25) is 0 Å². The van der Waals surface area contributed by atoms with E-state index in [4.69, 9.17) is 5.73 Å². The van der Waals surface area contributed by atoms with E-state index in [1.165, 1.54) is 5.57 Å². The number of pyridine rings is 1. The number of hydrogen-bond acceptors (Lipinski definition) is 2. The molecule has 1 heterocycles. The predicted molar refractivity (Wildman–Crippen MR) is 52.6 cm³/mol. The molecule has 0 unspecified atom stereocenters. The normalized spacial score (nSPS) is 11.7. The second-order valence-corrected chi connectivity index (χ2v) is 2.64. The van der Waals surface area contributed by atoms with Crippen LogP contribution < -0.4 is 5.73 Å². The van der Waals surface area contributed by atoms with E-state index >= 15 is 0 Å². The summed E-state index contributed by atoms with van der Waals surface area (Å²) < 4.78 is 0. The van der Waals surface area contributed by atoms with Crippen molar-refractivity contribution < 1.29 is 0 Å². The van der Waals surface area contributed by atoms with E-state index in [0.717, 1.165) is 12.0 Å². The molecule has 64 valence electrons. The largest absolute Gasteiger partial charge is 0.384 e. The van der Waals surface area contributed by atoms with Crippen LogP contribution in [0.3, 0.4) is 0 Å². The van der Waals surface area contributed by atoms with E-state index < -0.39 is 0 Å². The van der Waals surface area contributed by atoms with Gasteiger partial charge >= 0.3 is 0 Å².